The number of hydrogen-bond acceptors (Lipinski definition) is 19. The summed E-state index contributed by atoms with van der Waals surface area (Å²) in [6.07, 6.45) is -5.03. The molecule has 0 aromatic rings. The van der Waals surface area contributed by atoms with Crippen molar-refractivity contribution in [1.82, 2.24) is 5.32 Å². The van der Waals surface area contributed by atoms with Crippen LogP contribution >= 0.6 is 24.6 Å². The second-order valence-corrected chi connectivity index (χ2v) is 15.6. The predicted octanol–water partition coefficient (Wildman–Crippen LogP) is 4.11. The molecular weight excluding hydrogens is 748 g/mol. The van der Waals surface area contributed by atoms with E-state index >= 15 is 0 Å². The SMILES string of the molecule is CCC1(C)CCC2C(C(=O)O)CC(O[C@@H]3O[C@@H](COC(=O)CCC(=O)NCN)[C@@H](OSOOO)[C@@H](OSOOO)C3OC(=O)CC(C)C)CC2(C)C1C. The maximum absolute atomic E-state index is 13.2. The molecule has 0 spiro atoms. The van der Waals surface area contributed by atoms with Gasteiger partial charge < -0.3 is 35.1 Å². The predicted molar refractivity (Wildman–Crippen MR) is 184 cm³/mol. The van der Waals surface area contributed by atoms with Gasteiger partial charge in [0.05, 0.1) is 25.1 Å². The van der Waals surface area contributed by atoms with Gasteiger partial charge in [0, 0.05) is 12.8 Å². The van der Waals surface area contributed by atoms with Crippen molar-refractivity contribution in [3.63, 3.8) is 0 Å². The van der Waals surface area contributed by atoms with Crippen molar-refractivity contribution < 1.29 is 80.9 Å². The highest BCUT2D eigenvalue weighted by molar-refractivity contribution is 7.90. The van der Waals surface area contributed by atoms with Gasteiger partial charge in [-0.25, -0.2) is 10.5 Å². The number of ether oxygens (including phenoxy) is 4. The number of carboxylic acid groups (broad SMARTS) is 1. The maximum atomic E-state index is 13.2. The van der Waals surface area contributed by atoms with Crippen LogP contribution in [-0.2, 0) is 65.2 Å². The van der Waals surface area contributed by atoms with Gasteiger partial charge in [-0.3, -0.25) is 27.5 Å². The van der Waals surface area contributed by atoms with Crippen LogP contribution in [0.15, 0.2) is 0 Å². The number of nitrogens with two attached hydrogens (primary N) is 1. The summed E-state index contributed by atoms with van der Waals surface area (Å²) in [6.45, 7) is 11.6. The highest BCUT2D eigenvalue weighted by Gasteiger charge is 2.59. The molecule has 1 heterocycles. The molecule has 1 aliphatic heterocycles. The number of esters is 2. The molecule has 1 saturated heterocycles. The van der Waals surface area contributed by atoms with Gasteiger partial charge in [0.2, 0.25) is 5.91 Å². The molecule has 306 valence electrons. The van der Waals surface area contributed by atoms with Crippen molar-refractivity contribution in [1.29, 1.82) is 0 Å². The molecule has 3 rings (SSSR count). The van der Waals surface area contributed by atoms with Crippen LogP contribution in [0.3, 0.4) is 0 Å². The Labute approximate surface area is 317 Å². The fourth-order valence-electron chi connectivity index (χ4n) is 8.03. The van der Waals surface area contributed by atoms with E-state index in [0.717, 1.165) is 19.3 Å². The average Bonchev–Trinajstić information content (AvgIpc) is 3.10. The Kier molecular flexibility index (Phi) is 18.4. The van der Waals surface area contributed by atoms with E-state index in [9.17, 15) is 24.3 Å². The molecule has 7 unspecified atom stereocenters. The highest BCUT2D eigenvalue weighted by Crippen LogP contribution is 2.62. The summed E-state index contributed by atoms with van der Waals surface area (Å²) in [5, 5.41) is 37.7. The largest absolute Gasteiger partial charge is 0.481 e. The summed E-state index contributed by atoms with van der Waals surface area (Å²) in [6, 6.07) is 0. The van der Waals surface area contributed by atoms with Crippen molar-refractivity contribution in [3.05, 3.63) is 0 Å². The Morgan fingerprint density at radius 3 is 2.25 bits per heavy atom. The van der Waals surface area contributed by atoms with Crippen LogP contribution in [0, 0.1) is 34.5 Å². The van der Waals surface area contributed by atoms with Gasteiger partial charge in [0.15, 0.2) is 37.0 Å². The highest BCUT2D eigenvalue weighted by atomic mass is 32.2. The molecule has 0 bridgehead atoms. The first kappa shape index (κ1) is 45.5. The number of rotatable bonds is 21. The Hall–Kier alpha value is -1.86. The topological polar surface area (TPSA) is 259 Å². The zero-order valence-electron chi connectivity index (χ0n) is 30.8. The van der Waals surface area contributed by atoms with Gasteiger partial charge in [-0.1, -0.05) is 58.0 Å². The summed E-state index contributed by atoms with van der Waals surface area (Å²) in [5.41, 5.74) is 4.84. The molecule has 2 saturated carbocycles. The molecule has 0 radical (unpaired) electrons. The number of hydrogen-bond donors (Lipinski definition) is 5. The van der Waals surface area contributed by atoms with Crippen molar-refractivity contribution in [2.75, 3.05) is 13.3 Å². The summed E-state index contributed by atoms with van der Waals surface area (Å²) in [4.78, 5) is 50.5. The average molecular weight is 803 g/mol. The number of amides is 1. The third kappa shape index (κ3) is 12.3. The van der Waals surface area contributed by atoms with Gasteiger partial charge in [-0.15, -0.1) is 8.67 Å². The second kappa shape index (κ2) is 21.4. The molecule has 53 heavy (non-hydrogen) atoms. The van der Waals surface area contributed by atoms with Crippen LogP contribution in [-0.4, -0.2) is 89.5 Å². The summed E-state index contributed by atoms with van der Waals surface area (Å²) in [7, 11) is 0. The molecule has 21 heteroatoms. The van der Waals surface area contributed by atoms with Gasteiger partial charge in [0.1, 0.15) is 24.9 Å². The molecule has 0 aromatic heterocycles. The van der Waals surface area contributed by atoms with Gasteiger partial charge in [-0.05, 0) is 54.3 Å². The normalized spacial score (nSPS) is 34.3. The molecule has 19 nitrogen and oxygen atoms in total. The fraction of sp³-hybridized carbons (Fsp3) is 0.875. The molecule has 6 N–H and O–H groups in total. The Morgan fingerprint density at radius 2 is 1.66 bits per heavy atom. The van der Waals surface area contributed by atoms with E-state index in [1.54, 1.807) is 0 Å². The lowest BCUT2D eigenvalue weighted by Gasteiger charge is -2.60. The van der Waals surface area contributed by atoms with Crippen LogP contribution in [0.25, 0.3) is 0 Å². The number of nitrogens with one attached hydrogen (secondary N) is 1. The minimum Gasteiger partial charge on any atom is -0.481 e. The van der Waals surface area contributed by atoms with Gasteiger partial charge in [0.25, 0.3) is 0 Å². The second-order valence-electron chi connectivity index (χ2n) is 14.6. The number of fused-ring (bicyclic) bond motifs is 1. The molecule has 3 fully saturated rings. The van der Waals surface area contributed by atoms with Gasteiger partial charge in [-0.2, -0.15) is 0 Å². The lowest BCUT2D eigenvalue weighted by atomic mass is 9.46. The third-order valence-corrected chi connectivity index (χ3v) is 12.0. The first-order valence-corrected chi connectivity index (χ1v) is 18.9. The monoisotopic (exact) mass is 802 g/mol. The fourth-order valence-corrected chi connectivity index (χ4v) is 8.77. The molecule has 0 aromatic carbocycles. The van der Waals surface area contributed by atoms with E-state index in [0.29, 0.717) is 6.42 Å². The number of aliphatic carboxylic acids is 1. The first-order chi connectivity index (χ1) is 25.1. The van der Waals surface area contributed by atoms with Crippen molar-refractivity contribution in [2.45, 2.75) is 130 Å². The molecule has 3 aliphatic rings. The molecule has 11 atom stereocenters. The zero-order valence-corrected chi connectivity index (χ0v) is 32.4. The summed E-state index contributed by atoms with van der Waals surface area (Å²) >= 11 is 0.265. The summed E-state index contributed by atoms with van der Waals surface area (Å²) < 4.78 is 44.5. The van der Waals surface area contributed by atoms with Crippen LogP contribution in [0.5, 0.6) is 0 Å². The van der Waals surface area contributed by atoms with E-state index in [1.165, 1.54) is 0 Å². The minimum atomic E-state index is -1.46. The smallest absolute Gasteiger partial charge is 0.306 e. The summed E-state index contributed by atoms with van der Waals surface area (Å²) in [5.74, 6) is -3.68. The maximum Gasteiger partial charge on any atom is 0.306 e. The third-order valence-electron chi connectivity index (χ3n) is 11.1. The van der Waals surface area contributed by atoms with Crippen LogP contribution in [0.1, 0.15) is 92.9 Å². The van der Waals surface area contributed by atoms with Crippen LogP contribution in [0.2, 0.25) is 0 Å². The van der Waals surface area contributed by atoms with Crippen molar-refractivity contribution >= 4 is 48.5 Å². The molecule has 2 aliphatic carbocycles. The minimum absolute atomic E-state index is 0.0166. The van der Waals surface area contributed by atoms with Crippen molar-refractivity contribution in [3.8, 4) is 0 Å². The Bertz CT molecular complexity index is 1200. The van der Waals surface area contributed by atoms with Gasteiger partial charge >= 0.3 is 17.9 Å². The molecule has 1 amide bonds. The van der Waals surface area contributed by atoms with Crippen LogP contribution in [0.4, 0.5) is 0 Å². The van der Waals surface area contributed by atoms with Crippen LogP contribution < -0.4 is 11.1 Å². The van der Waals surface area contributed by atoms with Crippen molar-refractivity contribution in [2.24, 2.45) is 40.2 Å². The van der Waals surface area contributed by atoms with E-state index in [2.05, 4.69) is 51.8 Å². The number of carbonyl (C=O) groups is 4. The first-order valence-electron chi connectivity index (χ1n) is 17.6. The van der Waals surface area contributed by atoms with E-state index in [4.69, 9.17) is 43.6 Å². The van der Waals surface area contributed by atoms with E-state index < -0.39 is 78.6 Å². The lowest BCUT2D eigenvalue weighted by Crippen LogP contribution is -2.63. The standard InChI is InChI=1S/C32H54N2O17S2/c1-7-31(5)11-10-21-20(29(38)39)13-19(14-32(21,6)18(31)4)43-30-28(45-25(37)12-17(2)3)27(47-53-51-49-41)26(46-52-50-48-40)22(44-30)15-42-24(36)9-8-23(35)34-16-33/h17-22,26-28,30,40-41H,7-16,33H2,1-6H3,(H,34,35)(H,38,39)/t18?,19?,20?,21?,22-,26+,27+,28?,30+,31?,32?/m0/s1. The van der Waals surface area contributed by atoms with E-state index in [-0.39, 0.29) is 80.2 Å². The van der Waals surface area contributed by atoms with E-state index in [1.807, 2.05) is 13.8 Å². The number of carbonyl (C=O) groups excluding carboxylic acids is 3. The Morgan fingerprint density at radius 1 is 1.00 bits per heavy atom. The lowest BCUT2D eigenvalue weighted by molar-refractivity contribution is -0.436. The zero-order chi connectivity index (χ0) is 39.3. The molecular formula is C32H54N2O17S2. The Balaban J connectivity index is 2.01. The quantitative estimate of drug-likeness (QED) is 0.0208. The number of carboxylic acids is 1.